The number of ether oxygens (including phenoxy) is 4. The number of likely N-dealkylation sites (tertiary alicyclic amines) is 2. The second kappa shape index (κ2) is 18.8. The minimum atomic E-state index is -1.29. The number of nitrogens with zero attached hydrogens (tertiary/aromatic N) is 2. The summed E-state index contributed by atoms with van der Waals surface area (Å²) in [7, 11) is 0. The number of urea groups is 2. The van der Waals surface area contributed by atoms with Crippen LogP contribution in [0.1, 0.15) is 122 Å². The molecule has 0 aromatic heterocycles. The zero-order valence-corrected chi connectivity index (χ0v) is 34.9. The fourth-order valence-electron chi connectivity index (χ4n) is 9.15. The van der Waals surface area contributed by atoms with Gasteiger partial charge in [-0.2, -0.15) is 0 Å². The third-order valence-corrected chi connectivity index (χ3v) is 10.3. The number of rotatable bonds is 17. The summed E-state index contributed by atoms with van der Waals surface area (Å²) in [5.74, 6) is -1.73. The molecule has 0 spiro atoms. The summed E-state index contributed by atoms with van der Waals surface area (Å²) in [4.78, 5) is 80.6. The molecule has 0 aromatic rings. The first-order chi connectivity index (χ1) is 24.9. The van der Waals surface area contributed by atoms with Crippen LogP contribution >= 0.6 is 0 Å². The van der Waals surface area contributed by atoms with Crippen LogP contribution in [0, 0.1) is 0 Å². The van der Waals surface area contributed by atoms with Gasteiger partial charge in [-0.1, -0.05) is 0 Å². The molecule has 310 valence electrons. The third-order valence-electron chi connectivity index (χ3n) is 10.3. The molecule has 2 fully saturated rings. The number of amides is 4. The van der Waals surface area contributed by atoms with Crippen LogP contribution in [-0.4, -0.2) is 132 Å². The Bertz CT molecular complexity index is 1210. The van der Waals surface area contributed by atoms with Gasteiger partial charge < -0.3 is 40.2 Å². The largest absolute Gasteiger partial charge is 0.465 e. The predicted octanol–water partition coefficient (Wildman–Crippen LogP) is 3.40. The lowest BCUT2D eigenvalue weighted by Crippen LogP contribution is -2.73. The van der Waals surface area contributed by atoms with E-state index in [0.717, 1.165) is 0 Å². The van der Waals surface area contributed by atoms with Crippen LogP contribution in [0.3, 0.4) is 0 Å². The van der Waals surface area contributed by atoms with E-state index >= 15 is 0 Å². The van der Waals surface area contributed by atoms with E-state index in [9.17, 15) is 28.8 Å². The number of carbonyl (C=O) groups excluding carboxylic acids is 6. The molecule has 16 heteroatoms. The Morgan fingerprint density at radius 1 is 0.519 bits per heavy atom. The molecule has 4 amide bonds. The lowest BCUT2D eigenvalue weighted by molar-refractivity contribution is -0.163. The van der Waals surface area contributed by atoms with Crippen molar-refractivity contribution in [1.29, 1.82) is 0 Å². The van der Waals surface area contributed by atoms with Crippen molar-refractivity contribution in [2.75, 3.05) is 52.6 Å². The van der Waals surface area contributed by atoms with Gasteiger partial charge in [0.15, 0.2) is 0 Å². The van der Waals surface area contributed by atoms with E-state index in [4.69, 9.17) is 18.9 Å². The number of piperidine rings is 2. The standard InChI is InChI=1S/C38H68N6O10/c1-13-51-29(47)37(23-33(5,6)43(34(7,8)24-37)19-21-53-27(3)45)41-31(49)39-17-15-16-18-40-32(50)42-38(30(48)52-14-2)25-35(9,10)44(36(11,12)26-38)20-22-54-28(4)46/h13-26H2,1-12H3,(H2,39,41,49)(H2,40,42,50). The highest BCUT2D eigenvalue weighted by Crippen LogP contribution is 2.45. The lowest BCUT2D eigenvalue weighted by Gasteiger charge is -2.58. The number of esters is 4. The van der Waals surface area contributed by atoms with Crippen molar-refractivity contribution in [3.05, 3.63) is 0 Å². The Labute approximate surface area is 321 Å². The van der Waals surface area contributed by atoms with Gasteiger partial charge in [-0.3, -0.25) is 19.4 Å². The minimum absolute atomic E-state index is 0.161. The van der Waals surface area contributed by atoms with Gasteiger partial charge in [0.05, 0.1) is 13.2 Å². The first kappa shape index (κ1) is 46.5. The molecule has 0 aliphatic carbocycles. The molecule has 2 saturated heterocycles. The lowest BCUT2D eigenvalue weighted by atomic mass is 9.69. The maximum Gasteiger partial charge on any atom is 0.332 e. The Morgan fingerprint density at radius 3 is 1.07 bits per heavy atom. The van der Waals surface area contributed by atoms with Crippen LogP contribution in [-0.2, 0) is 38.1 Å². The smallest absolute Gasteiger partial charge is 0.332 e. The fourth-order valence-corrected chi connectivity index (χ4v) is 9.15. The molecule has 0 unspecified atom stereocenters. The summed E-state index contributed by atoms with van der Waals surface area (Å²) < 4.78 is 21.4. The molecule has 2 heterocycles. The van der Waals surface area contributed by atoms with Crippen LogP contribution in [0.5, 0.6) is 0 Å². The minimum Gasteiger partial charge on any atom is -0.465 e. The highest BCUT2D eigenvalue weighted by molar-refractivity contribution is 5.89. The molecular formula is C38H68N6O10. The van der Waals surface area contributed by atoms with Crippen molar-refractivity contribution in [3.8, 4) is 0 Å². The summed E-state index contributed by atoms with van der Waals surface area (Å²) in [6, 6.07) is -1.01. The summed E-state index contributed by atoms with van der Waals surface area (Å²) in [5, 5.41) is 11.6. The average molecular weight is 769 g/mol. The van der Waals surface area contributed by atoms with E-state index < -0.39 is 57.2 Å². The quantitative estimate of drug-likeness (QED) is 0.0959. The molecular weight excluding hydrogens is 700 g/mol. The molecule has 0 saturated carbocycles. The molecule has 54 heavy (non-hydrogen) atoms. The topological polar surface area (TPSA) is 194 Å². The van der Waals surface area contributed by atoms with Crippen LogP contribution < -0.4 is 21.3 Å². The fraction of sp³-hybridized carbons (Fsp3) is 0.842. The summed E-state index contributed by atoms with van der Waals surface area (Å²) >= 11 is 0. The Morgan fingerprint density at radius 2 is 0.815 bits per heavy atom. The van der Waals surface area contributed by atoms with Gasteiger partial charge in [-0.25, -0.2) is 19.2 Å². The number of unbranched alkanes of at least 4 members (excludes halogenated alkanes) is 1. The molecule has 4 N–H and O–H groups in total. The highest BCUT2D eigenvalue weighted by Gasteiger charge is 2.58. The Balaban J connectivity index is 2.00. The first-order valence-corrected chi connectivity index (χ1v) is 19.2. The molecule has 2 rings (SSSR count). The normalized spacial score (nSPS) is 20.7. The number of hydrogen-bond acceptors (Lipinski definition) is 12. The Kier molecular flexibility index (Phi) is 16.2. The van der Waals surface area contributed by atoms with Gasteiger partial charge in [0, 0.05) is 62.2 Å². The van der Waals surface area contributed by atoms with E-state index in [1.807, 2.05) is 55.4 Å². The van der Waals surface area contributed by atoms with Gasteiger partial charge in [0.1, 0.15) is 24.3 Å². The molecule has 0 bridgehead atoms. The van der Waals surface area contributed by atoms with E-state index in [-0.39, 0.29) is 77.1 Å². The van der Waals surface area contributed by atoms with Crippen molar-refractivity contribution in [2.24, 2.45) is 0 Å². The summed E-state index contributed by atoms with van der Waals surface area (Å²) in [6.07, 6.45) is 2.18. The molecule has 16 nitrogen and oxygen atoms in total. The van der Waals surface area contributed by atoms with Crippen molar-refractivity contribution in [3.63, 3.8) is 0 Å². The van der Waals surface area contributed by atoms with Crippen molar-refractivity contribution < 1.29 is 47.7 Å². The van der Waals surface area contributed by atoms with E-state index in [0.29, 0.717) is 25.9 Å². The SMILES string of the molecule is CCOC(=O)C1(NC(=O)NCCCCNC(=O)NC2(C(=O)OCC)CC(C)(C)N(CCOC(C)=O)C(C)(C)C2)CC(C)(C)N(CCOC(C)=O)C(C)(C)C1. The van der Waals surface area contributed by atoms with E-state index in [1.54, 1.807) is 13.8 Å². The van der Waals surface area contributed by atoms with Crippen LogP contribution in [0.2, 0.25) is 0 Å². The number of nitrogens with one attached hydrogen (secondary N) is 4. The number of hydrogen-bond donors (Lipinski definition) is 4. The van der Waals surface area contributed by atoms with E-state index in [1.165, 1.54) is 13.8 Å². The van der Waals surface area contributed by atoms with E-state index in [2.05, 4.69) is 31.1 Å². The Hall–Kier alpha value is -3.66. The second-order valence-corrected chi connectivity index (χ2v) is 17.0. The maximum absolute atomic E-state index is 13.5. The zero-order valence-electron chi connectivity index (χ0n) is 34.9. The van der Waals surface area contributed by atoms with Gasteiger partial charge >= 0.3 is 35.9 Å². The average Bonchev–Trinajstić information content (AvgIpc) is 3.00. The predicted molar refractivity (Wildman–Crippen MR) is 202 cm³/mol. The molecule has 0 atom stereocenters. The summed E-state index contributed by atoms with van der Waals surface area (Å²) in [5.41, 5.74) is -4.83. The monoisotopic (exact) mass is 768 g/mol. The highest BCUT2D eigenvalue weighted by atomic mass is 16.5. The van der Waals surface area contributed by atoms with Gasteiger partial charge in [-0.15, -0.1) is 0 Å². The van der Waals surface area contributed by atoms with Crippen LogP contribution in [0.15, 0.2) is 0 Å². The van der Waals surface area contributed by atoms with Crippen molar-refractivity contribution in [2.45, 2.75) is 155 Å². The van der Waals surface area contributed by atoms with Gasteiger partial charge in [-0.05, 0) is 108 Å². The van der Waals surface area contributed by atoms with Crippen molar-refractivity contribution >= 4 is 35.9 Å². The van der Waals surface area contributed by atoms with Crippen LogP contribution in [0.4, 0.5) is 9.59 Å². The van der Waals surface area contributed by atoms with Gasteiger partial charge in [0.2, 0.25) is 0 Å². The number of carbonyl (C=O) groups is 6. The first-order valence-electron chi connectivity index (χ1n) is 19.2. The molecule has 2 aliphatic heterocycles. The van der Waals surface area contributed by atoms with Crippen molar-refractivity contribution in [1.82, 2.24) is 31.1 Å². The molecule has 0 aromatic carbocycles. The summed E-state index contributed by atoms with van der Waals surface area (Å²) in [6.45, 7) is 24.4. The van der Waals surface area contributed by atoms with Gasteiger partial charge in [0.25, 0.3) is 0 Å². The second-order valence-electron chi connectivity index (χ2n) is 17.0. The molecule has 0 radical (unpaired) electrons. The zero-order chi connectivity index (χ0) is 41.2. The molecule has 2 aliphatic rings. The maximum atomic E-state index is 13.5. The van der Waals surface area contributed by atoms with Crippen LogP contribution in [0.25, 0.3) is 0 Å². The third kappa shape index (κ3) is 12.4.